The number of carbonyl (C=O) groups excluding carboxylic acids is 1. The third kappa shape index (κ3) is 2.22. The van der Waals surface area contributed by atoms with Gasteiger partial charge in [0.05, 0.1) is 5.92 Å². The van der Waals surface area contributed by atoms with Gasteiger partial charge >= 0.3 is 5.97 Å². The van der Waals surface area contributed by atoms with Crippen LogP contribution >= 0.6 is 0 Å². The maximum Gasteiger partial charge on any atom is 0.306 e. The SMILES string of the molecule is O=CO[C@H]1CC[C@H](C(=O)O)CC1. The molecule has 4 nitrogen and oxygen atoms in total. The van der Waals surface area contributed by atoms with E-state index in [9.17, 15) is 9.59 Å². The van der Waals surface area contributed by atoms with Crippen LogP contribution in [0.3, 0.4) is 0 Å². The second-order valence-corrected chi connectivity index (χ2v) is 3.04. The van der Waals surface area contributed by atoms with E-state index in [-0.39, 0.29) is 12.0 Å². The van der Waals surface area contributed by atoms with Gasteiger partial charge in [0, 0.05) is 0 Å². The highest BCUT2D eigenvalue weighted by molar-refractivity contribution is 5.70. The van der Waals surface area contributed by atoms with E-state index >= 15 is 0 Å². The summed E-state index contributed by atoms with van der Waals surface area (Å²) in [5, 5.41) is 8.64. The molecule has 1 rings (SSSR count). The molecule has 1 aliphatic carbocycles. The number of carboxylic acids is 1. The Morgan fingerprint density at radius 3 is 2.33 bits per heavy atom. The van der Waals surface area contributed by atoms with Crippen LogP contribution < -0.4 is 0 Å². The Kier molecular flexibility index (Phi) is 3.08. The van der Waals surface area contributed by atoms with Gasteiger partial charge in [0.15, 0.2) is 0 Å². The summed E-state index contributed by atoms with van der Waals surface area (Å²) < 4.78 is 4.74. The molecule has 0 unspecified atom stereocenters. The lowest BCUT2D eigenvalue weighted by Crippen LogP contribution is -2.25. The molecule has 0 bridgehead atoms. The van der Waals surface area contributed by atoms with Crippen LogP contribution in [0.1, 0.15) is 25.7 Å². The normalized spacial score (nSPS) is 29.3. The fourth-order valence-electron chi connectivity index (χ4n) is 1.52. The van der Waals surface area contributed by atoms with E-state index in [1.165, 1.54) is 0 Å². The first-order chi connectivity index (χ1) is 5.74. The molecule has 0 aromatic carbocycles. The van der Waals surface area contributed by atoms with Crippen LogP contribution in [-0.4, -0.2) is 23.7 Å². The van der Waals surface area contributed by atoms with Gasteiger partial charge in [-0.15, -0.1) is 0 Å². The summed E-state index contributed by atoms with van der Waals surface area (Å²) in [5.74, 6) is -0.976. The molecular formula is C8H12O4. The van der Waals surface area contributed by atoms with E-state index in [1.54, 1.807) is 0 Å². The van der Waals surface area contributed by atoms with Crippen LogP contribution in [0.2, 0.25) is 0 Å². The molecule has 12 heavy (non-hydrogen) atoms. The Hall–Kier alpha value is -1.06. The van der Waals surface area contributed by atoms with Gasteiger partial charge in [0.25, 0.3) is 6.47 Å². The van der Waals surface area contributed by atoms with E-state index in [4.69, 9.17) is 9.84 Å². The highest BCUT2D eigenvalue weighted by Crippen LogP contribution is 2.25. The van der Waals surface area contributed by atoms with Crippen molar-refractivity contribution in [3.63, 3.8) is 0 Å². The number of hydrogen-bond acceptors (Lipinski definition) is 3. The van der Waals surface area contributed by atoms with Crippen molar-refractivity contribution in [2.45, 2.75) is 31.8 Å². The summed E-state index contributed by atoms with van der Waals surface area (Å²) in [6.45, 7) is 0.436. The summed E-state index contributed by atoms with van der Waals surface area (Å²) in [6.07, 6.45) is 2.53. The third-order valence-electron chi connectivity index (χ3n) is 2.27. The predicted molar refractivity (Wildman–Crippen MR) is 40.5 cm³/mol. The molecule has 0 saturated heterocycles. The van der Waals surface area contributed by atoms with Crippen LogP contribution in [-0.2, 0) is 14.3 Å². The average Bonchev–Trinajstić information content (AvgIpc) is 2.06. The predicted octanol–water partition coefficient (Wildman–Crippen LogP) is 0.803. The minimum Gasteiger partial charge on any atom is -0.481 e. The van der Waals surface area contributed by atoms with Gasteiger partial charge in [-0.1, -0.05) is 0 Å². The van der Waals surface area contributed by atoms with Gasteiger partial charge in [-0.05, 0) is 25.7 Å². The molecule has 0 radical (unpaired) electrons. The van der Waals surface area contributed by atoms with Gasteiger partial charge in [0.2, 0.25) is 0 Å². The highest BCUT2D eigenvalue weighted by Gasteiger charge is 2.26. The first-order valence-electron chi connectivity index (χ1n) is 4.06. The summed E-state index contributed by atoms with van der Waals surface area (Å²) in [5.41, 5.74) is 0. The fourth-order valence-corrected chi connectivity index (χ4v) is 1.52. The molecule has 4 heteroatoms. The molecule has 1 saturated carbocycles. The Morgan fingerprint density at radius 1 is 1.33 bits per heavy atom. The van der Waals surface area contributed by atoms with Gasteiger partial charge in [0.1, 0.15) is 6.10 Å². The fraction of sp³-hybridized carbons (Fsp3) is 0.750. The largest absolute Gasteiger partial charge is 0.481 e. The second-order valence-electron chi connectivity index (χ2n) is 3.04. The van der Waals surface area contributed by atoms with Gasteiger partial charge in [-0.2, -0.15) is 0 Å². The molecule has 1 N–H and O–H groups in total. The first kappa shape index (κ1) is 9.03. The molecule has 68 valence electrons. The maximum atomic E-state index is 10.5. The number of aliphatic carboxylic acids is 1. The van der Waals surface area contributed by atoms with Crippen molar-refractivity contribution in [1.82, 2.24) is 0 Å². The molecule has 0 aromatic heterocycles. The van der Waals surface area contributed by atoms with Crippen molar-refractivity contribution >= 4 is 12.4 Å². The van der Waals surface area contributed by atoms with Crippen LogP contribution in [0.15, 0.2) is 0 Å². The minimum absolute atomic E-state index is 0.0573. The van der Waals surface area contributed by atoms with E-state index in [0.29, 0.717) is 32.2 Å². The Morgan fingerprint density at radius 2 is 1.92 bits per heavy atom. The topological polar surface area (TPSA) is 63.6 Å². The van der Waals surface area contributed by atoms with Crippen LogP contribution in [0.5, 0.6) is 0 Å². The minimum atomic E-state index is -0.737. The number of ether oxygens (including phenoxy) is 1. The summed E-state index contributed by atoms with van der Waals surface area (Å²) in [4.78, 5) is 20.5. The zero-order valence-electron chi connectivity index (χ0n) is 6.73. The molecule has 0 aromatic rings. The average molecular weight is 172 g/mol. The molecular weight excluding hydrogens is 160 g/mol. The van der Waals surface area contributed by atoms with E-state index in [0.717, 1.165) is 0 Å². The van der Waals surface area contributed by atoms with Gasteiger partial charge < -0.3 is 9.84 Å². The number of hydrogen-bond donors (Lipinski definition) is 1. The van der Waals surface area contributed by atoms with Gasteiger partial charge in [-0.25, -0.2) is 0 Å². The van der Waals surface area contributed by atoms with Crippen molar-refractivity contribution in [1.29, 1.82) is 0 Å². The molecule has 1 fully saturated rings. The lowest BCUT2D eigenvalue weighted by atomic mass is 9.87. The lowest BCUT2D eigenvalue weighted by Gasteiger charge is -2.24. The first-order valence-corrected chi connectivity index (χ1v) is 4.06. The van der Waals surface area contributed by atoms with Crippen molar-refractivity contribution < 1.29 is 19.4 Å². The van der Waals surface area contributed by atoms with Crippen molar-refractivity contribution in [3.8, 4) is 0 Å². The van der Waals surface area contributed by atoms with Crippen LogP contribution in [0.4, 0.5) is 0 Å². The summed E-state index contributed by atoms with van der Waals surface area (Å²) in [6, 6.07) is 0. The lowest BCUT2D eigenvalue weighted by molar-refractivity contribution is -0.144. The quantitative estimate of drug-likeness (QED) is 0.639. The van der Waals surface area contributed by atoms with Gasteiger partial charge in [-0.3, -0.25) is 9.59 Å². The van der Waals surface area contributed by atoms with E-state index in [1.807, 2.05) is 0 Å². The standard InChI is InChI=1S/C8H12O4/c9-5-12-7-3-1-6(2-4-7)8(10)11/h5-7H,1-4H2,(H,10,11)/t6-,7-. The van der Waals surface area contributed by atoms with Crippen LogP contribution in [0.25, 0.3) is 0 Å². The molecule has 0 amide bonds. The smallest absolute Gasteiger partial charge is 0.306 e. The zero-order valence-corrected chi connectivity index (χ0v) is 6.73. The molecule has 0 spiro atoms. The molecule has 0 atom stereocenters. The van der Waals surface area contributed by atoms with Crippen molar-refractivity contribution in [2.24, 2.45) is 5.92 Å². The van der Waals surface area contributed by atoms with Crippen molar-refractivity contribution in [3.05, 3.63) is 0 Å². The molecule has 0 heterocycles. The number of rotatable bonds is 3. The van der Waals surface area contributed by atoms with Crippen molar-refractivity contribution in [2.75, 3.05) is 0 Å². The summed E-state index contributed by atoms with van der Waals surface area (Å²) >= 11 is 0. The zero-order chi connectivity index (χ0) is 8.97. The summed E-state index contributed by atoms with van der Waals surface area (Å²) in [7, 11) is 0. The molecule has 1 aliphatic rings. The van der Waals surface area contributed by atoms with E-state index < -0.39 is 5.97 Å². The second kappa shape index (κ2) is 4.09. The Bertz CT molecular complexity index is 170. The third-order valence-corrected chi connectivity index (χ3v) is 2.27. The number of carbonyl (C=O) groups is 2. The van der Waals surface area contributed by atoms with Crippen LogP contribution in [0, 0.1) is 5.92 Å². The monoisotopic (exact) mass is 172 g/mol. The maximum absolute atomic E-state index is 10.5. The van der Waals surface area contributed by atoms with E-state index in [2.05, 4.69) is 0 Å². The highest BCUT2D eigenvalue weighted by atomic mass is 16.5. The Labute approximate surface area is 70.5 Å². The number of carboxylic acid groups (broad SMARTS) is 1. The Balaban J connectivity index is 2.29. The molecule has 0 aliphatic heterocycles.